The lowest BCUT2D eigenvalue weighted by molar-refractivity contribution is 0.201. The Morgan fingerprint density at radius 1 is 1.10 bits per heavy atom. The molecule has 7 nitrogen and oxygen atoms in total. The van der Waals surface area contributed by atoms with Gasteiger partial charge in [0.25, 0.3) is 0 Å². The zero-order valence-electron chi connectivity index (χ0n) is 17.0. The molecule has 1 fully saturated rings. The van der Waals surface area contributed by atoms with Crippen LogP contribution in [-0.4, -0.2) is 28.4 Å². The van der Waals surface area contributed by atoms with Gasteiger partial charge in [0, 0.05) is 6.20 Å². The second-order valence-electron chi connectivity index (χ2n) is 7.53. The van der Waals surface area contributed by atoms with E-state index in [2.05, 4.69) is 10.4 Å². The summed E-state index contributed by atoms with van der Waals surface area (Å²) in [4.78, 5) is 4.17. The van der Waals surface area contributed by atoms with E-state index in [0.29, 0.717) is 28.4 Å². The number of nitrogen functional groups attached to an aromatic ring is 1. The molecular formula is C23H27N3O4. The molecule has 1 aliphatic carbocycles. The van der Waals surface area contributed by atoms with Gasteiger partial charge in [-0.15, -0.1) is 0 Å². The van der Waals surface area contributed by atoms with Crippen LogP contribution in [0.2, 0.25) is 0 Å². The lowest BCUT2D eigenvalue weighted by Gasteiger charge is -2.20. The molecule has 2 aromatic carbocycles. The van der Waals surface area contributed by atoms with Crippen molar-refractivity contribution < 1.29 is 19.7 Å². The summed E-state index contributed by atoms with van der Waals surface area (Å²) in [6, 6.07) is 9.45. The number of pyridine rings is 1. The van der Waals surface area contributed by atoms with Crippen molar-refractivity contribution >= 4 is 16.6 Å². The molecular weight excluding hydrogens is 382 g/mol. The molecule has 7 heteroatoms. The molecule has 1 aromatic heterocycles. The van der Waals surface area contributed by atoms with Crippen LogP contribution in [0.5, 0.6) is 11.5 Å². The first-order chi connectivity index (χ1) is 14.7. The number of hydrogen-bond donors (Lipinski definition) is 4. The van der Waals surface area contributed by atoms with Crippen molar-refractivity contribution in [3.8, 4) is 22.6 Å². The maximum atomic E-state index is 10.1. The van der Waals surface area contributed by atoms with Gasteiger partial charge in [0.15, 0.2) is 11.5 Å². The highest BCUT2D eigenvalue weighted by Gasteiger charge is 2.21. The Morgan fingerprint density at radius 3 is 2.57 bits per heavy atom. The Hall–Kier alpha value is -2.87. The smallest absolute Gasteiger partial charge is 0.162 e. The van der Waals surface area contributed by atoms with Crippen LogP contribution in [0.3, 0.4) is 0 Å². The van der Waals surface area contributed by atoms with Crippen molar-refractivity contribution in [2.24, 2.45) is 5.84 Å². The predicted octanol–water partition coefficient (Wildman–Crippen LogP) is 3.50. The summed E-state index contributed by atoms with van der Waals surface area (Å²) in [7, 11) is 1.63. The van der Waals surface area contributed by atoms with Gasteiger partial charge in [0.1, 0.15) is 5.82 Å². The Balaban J connectivity index is 1.95. The van der Waals surface area contributed by atoms with Gasteiger partial charge in [-0.25, -0.2) is 10.8 Å². The molecule has 0 radical (unpaired) electrons. The van der Waals surface area contributed by atoms with E-state index in [0.717, 1.165) is 34.7 Å². The number of anilines is 1. The Kier molecular flexibility index (Phi) is 6.03. The van der Waals surface area contributed by atoms with Gasteiger partial charge in [0.2, 0.25) is 0 Å². The number of nitrogens with two attached hydrogens (primary N) is 1. The Labute approximate surface area is 175 Å². The molecule has 1 heterocycles. The van der Waals surface area contributed by atoms with Crippen LogP contribution in [0.4, 0.5) is 5.82 Å². The van der Waals surface area contributed by atoms with Crippen LogP contribution in [0.25, 0.3) is 21.9 Å². The van der Waals surface area contributed by atoms with Crippen LogP contribution in [0.15, 0.2) is 36.5 Å². The first-order valence-corrected chi connectivity index (χ1v) is 10.2. The topological polar surface area (TPSA) is 110 Å². The zero-order chi connectivity index (χ0) is 21.1. The van der Waals surface area contributed by atoms with Crippen LogP contribution in [0, 0.1) is 0 Å². The average Bonchev–Trinajstić information content (AvgIpc) is 3.30. The quantitative estimate of drug-likeness (QED) is 0.349. The van der Waals surface area contributed by atoms with Crippen LogP contribution in [0.1, 0.15) is 36.8 Å². The Bertz CT molecular complexity index is 1050. The van der Waals surface area contributed by atoms with Gasteiger partial charge in [-0.3, -0.25) is 0 Å². The summed E-state index contributed by atoms with van der Waals surface area (Å²) in [5.74, 6) is 7.39. The number of aliphatic hydroxyl groups is 2. The highest BCUT2D eigenvalue weighted by molar-refractivity contribution is 6.01. The van der Waals surface area contributed by atoms with Crippen LogP contribution in [-0.2, 0) is 13.2 Å². The fraction of sp³-hybridized carbons (Fsp3) is 0.348. The van der Waals surface area contributed by atoms with Gasteiger partial charge in [-0.05, 0) is 89.0 Å². The molecule has 0 amide bonds. The number of ether oxygens (including phenoxy) is 2. The molecule has 0 atom stereocenters. The van der Waals surface area contributed by atoms with E-state index >= 15 is 0 Å². The van der Waals surface area contributed by atoms with E-state index in [4.69, 9.17) is 15.3 Å². The number of hydrogen-bond acceptors (Lipinski definition) is 7. The van der Waals surface area contributed by atoms with Gasteiger partial charge in [-0.2, -0.15) is 0 Å². The number of nitrogens with one attached hydrogen (secondary N) is 1. The van der Waals surface area contributed by atoms with E-state index in [-0.39, 0.29) is 19.3 Å². The highest BCUT2D eigenvalue weighted by atomic mass is 16.5. The van der Waals surface area contributed by atoms with Crippen molar-refractivity contribution in [1.82, 2.24) is 4.98 Å². The van der Waals surface area contributed by atoms with Crippen molar-refractivity contribution in [1.29, 1.82) is 0 Å². The van der Waals surface area contributed by atoms with E-state index < -0.39 is 0 Å². The summed E-state index contributed by atoms with van der Waals surface area (Å²) < 4.78 is 11.9. The molecule has 0 spiro atoms. The highest BCUT2D eigenvalue weighted by Crippen LogP contribution is 2.42. The number of methoxy groups -OCH3 is 1. The van der Waals surface area contributed by atoms with Gasteiger partial charge >= 0.3 is 0 Å². The average molecular weight is 409 g/mol. The molecule has 4 rings (SSSR count). The first kappa shape index (κ1) is 20.4. The third-order valence-corrected chi connectivity index (χ3v) is 5.75. The SMILES string of the molecule is COc1cc2c(-c3ccnc(NN)c3)c(CO)c(CO)cc2cc1OC1CCCC1. The van der Waals surface area contributed by atoms with Gasteiger partial charge in [-0.1, -0.05) is 0 Å². The predicted molar refractivity (Wildman–Crippen MR) is 116 cm³/mol. The largest absolute Gasteiger partial charge is 0.493 e. The third-order valence-electron chi connectivity index (χ3n) is 5.75. The number of rotatable bonds is 7. The van der Waals surface area contributed by atoms with Gasteiger partial charge in [0.05, 0.1) is 26.4 Å². The van der Waals surface area contributed by atoms with E-state index in [1.54, 1.807) is 13.3 Å². The number of nitrogens with zero attached hydrogens (tertiary/aromatic N) is 1. The van der Waals surface area contributed by atoms with E-state index in [9.17, 15) is 10.2 Å². The summed E-state index contributed by atoms with van der Waals surface area (Å²) in [6.07, 6.45) is 6.30. The molecule has 0 bridgehead atoms. The lowest BCUT2D eigenvalue weighted by Crippen LogP contribution is -2.11. The zero-order valence-corrected chi connectivity index (χ0v) is 17.0. The van der Waals surface area contributed by atoms with Crippen LogP contribution < -0.4 is 20.7 Å². The molecule has 3 aromatic rings. The molecule has 1 aliphatic rings. The minimum atomic E-state index is -0.211. The normalized spacial score (nSPS) is 14.3. The number of benzene rings is 2. The molecule has 1 saturated carbocycles. The monoisotopic (exact) mass is 409 g/mol. The number of hydrazine groups is 1. The second kappa shape index (κ2) is 8.87. The number of aliphatic hydroxyl groups excluding tert-OH is 2. The van der Waals surface area contributed by atoms with E-state index in [1.807, 2.05) is 30.3 Å². The maximum absolute atomic E-state index is 10.1. The summed E-state index contributed by atoms with van der Waals surface area (Å²) >= 11 is 0. The van der Waals surface area contributed by atoms with Crippen molar-refractivity contribution in [2.75, 3.05) is 12.5 Å². The summed E-state index contributed by atoms with van der Waals surface area (Å²) in [5, 5.41) is 21.9. The van der Waals surface area contributed by atoms with Crippen molar-refractivity contribution in [3.05, 3.63) is 47.7 Å². The Morgan fingerprint density at radius 2 is 1.90 bits per heavy atom. The first-order valence-electron chi connectivity index (χ1n) is 10.2. The van der Waals surface area contributed by atoms with E-state index in [1.165, 1.54) is 12.8 Å². The minimum absolute atomic E-state index is 0.184. The molecule has 0 unspecified atom stereocenters. The minimum Gasteiger partial charge on any atom is -0.493 e. The fourth-order valence-corrected chi connectivity index (χ4v) is 4.26. The molecule has 5 N–H and O–H groups in total. The third kappa shape index (κ3) is 3.79. The second-order valence-corrected chi connectivity index (χ2v) is 7.53. The molecule has 0 aliphatic heterocycles. The standard InChI is InChI=1S/C23H27N3O4/c1-29-20-11-18-15(9-21(20)30-17-4-2-3-5-17)8-16(12-27)19(13-28)23(18)14-6-7-25-22(10-14)26-24/h6-11,17,27-28H,2-5,12-13,24H2,1H3,(H,25,26). The summed E-state index contributed by atoms with van der Waals surface area (Å²) in [5.41, 5.74) is 5.51. The fourth-order valence-electron chi connectivity index (χ4n) is 4.26. The van der Waals surface area contributed by atoms with Crippen molar-refractivity contribution in [2.45, 2.75) is 45.0 Å². The molecule has 158 valence electrons. The molecule has 0 saturated heterocycles. The van der Waals surface area contributed by atoms with Gasteiger partial charge < -0.3 is 25.1 Å². The summed E-state index contributed by atoms with van der Waals surface area (Å²) in [6.45, 7) is -0.395. The van der Waals surface area contributed by atoms with Crippen molar-refractivity contribution in [3.63, 3.8) is 0 Å². The number of fused-ring (bicyclic) bond motifs is 1. The molecule has 30 heavy (non-hydrogen) atoms. The van der Waals surface area contributed by atoms with Crippen LogP contribution >= 0.6 is 0 Å². The maximum Gasteiger partial charge on any atom is 0.162 e. The lowest BCUT2D eigenvalue weighted by atomic mass is 9.90. The number of aromatic nitrogens is 1.